The van der Waals surface area contributed by atoms with Crippen molar-refractivity contribution >= 4 is 21.7 Å². The van der Waals surface area contributed by atoms with Crippen LogP contribution in [-0.2, 0) is 0 Å². The van der Waals surface area contributed by atoms with Crippen LogP contribution in [0, 0.1) is 6.57 Å². The van der Waals surface area contributed by atoms with E-state index in [1.807, 2.05) is 0 Å². The van der Waals surface area contributed by atoms with Gasteiger partial charge >= 0.3 is 0 Å². The van der Waals surface area contributed by atoms with Crippen molar-refractivity contribution in [3.05, 3.63) is 28.4 Å². The van der Waals surface area contributed by atoms with Crippen molar-refractivity contribution in [3.63, 3.8) is 0 Å². The standard InChI is InChI=1S/C5H2BrN3/c1-7-5-3-8-4(6)2-9-5/h2-3H. The van der Waals surface area contributed by atoms with Gasteiger partial charge < -0.3 is 4.85 Å². The van der Waals surface area contributed by atoms with Crippen molar-refractivity contribution in [3.8, 4) is 0 Å². The average molecular weight is 184 g/mol. The molecule has 44 valence electrons. The van der Waals surface area contributed by atoms with Crippen LogP contribution in [0.25, 0.3) is 4.85 Å². The van der Waals surface area contributed by atoms with Crippen molar-refractivity contribution < 1.29 is 0 Å². The molecular formula is C5H2BrN3. The van der Waals surface area contributed by atoms with E-state index in [4.69, 9.17) is 6.57 Å². The second-order valence-electron chi connectivity index (χ2n) is 1.31. The van der Waals surface area contributed by atoms with Gasteiger partial charge in [0.1, 0.15) is 4.60 Å². The Labute approximate surface area is 60.7 Å². The zero-order chi connectivity index (χ0) is 6.69. The first kappa shape index (κ1) is 6.17. The Morgan fingerprint density at radius 1 is 1.44 bits per heavy atom. The Hall–Kier alpha value is -0.950. The summed E-state index contributed by atoms with van der Waals surface area (Å²) in [4.78, 5) is 10.6. The van der Waals surface area contributed by atoms with Crippen LogP contribution in [0.3, 0.4) is 0 Å². The number of hydrogen-bond acceptors (Lipinski definition) is 2. The van der Waals surface area contributed by atoms with Gasteiger partial charge in [-0.05, 0) is 15.9 Å². The molecule has 0 bridgehead atoms. The molecule has 1 heterocycles. The minimum atomic E-state index is 0.318. The molecule has 0 aromatic carbocycles. The van der Waals surface area contributed by atoms with Gasteiger partial charge in [0, 0.05) is 0 Å². The fourth-order valence-corrected chi connectivity index (χ4v) is 0.568. The Kier molecular flexibility index (Phi) is 1.75. The molecule has 0 aliphatic carbocycles. The highest BCUT2D eigenvalue weighted by atomic mass is 79.9. The summed E-state index contributed by atoms with van der Waals surface area (Å²) in [6, 6.07) is 0. The largest absolute Gasteiger partial charge is 0.359 e. The minimum Gasteiger partial charge on any atom is -0.359 e. The van der Waals surface area contributed by atoms with Gasteiger partial charge in [-0.2, -0.15) is 0 Å². The van der Waals surface area contributed by atoms with Crippen LogP contribution in [0.5, 0.6) is 0 Å². The molecule has 0 amide bonds. The molecule has 9 heavy (non-hydrogen) atoms. The van der Waals surface area contributed by atoms with E-state index in [9.17, 15) is 0 Å². The van der Waals surface area contributed by atoms with Crippen molar-refractivity contribution in [1.82, 2.24) is 9.97 Å². The lowest BCUT2D eigenvalue weighted by Crippen LogP contribution is -1.75. The molecule has 0 saturated heterocycles. The summed E-state index contributed by atoms with van der Waals surface area (Å²) < 4.78 is 0.648. The van der Waals surface area contributed by atoms with E-state index in [1.165, 1.54) is 12.4 Å². The zero-order valence-corrected chi connectivity index (χ0v) is 5.96. The summed E-state index contributed by atoms with van der Waals surface area (Å²) in [5, 5.41) is 0. The highest BCUT2D eigenvalue weighted by molar-refractivity contribution is 9.10. The minimum absolute atomic E-state index is 0.318. The van der Waals surface area contributed by atoms with Gasteiger partial charge in [0.05, 0.1) is 6.20 Å². The maximum atomic E-state index is 6.52. The van der Waals surface area contributed by atoms with E-state index in [2.05, 4.69) is 30.7 Å². The molecule has 0 fully saturated rings. The van der Waals surface area contributed by atoms with Crippen LogP contribution in [0.1, 0.15) is 0 Å². The number of hydrogen-bond donors (Lipinski definition) is 0. The predicted octanol–water partition coefficient (Wildman–Crippen LogP) is 1.79. The maximum absolute atomic E-state index is 6.52. The lowest BCUT2D eigenvalue weighted by molar-refractivity contribution is 1.18. The predicted molar refractivity (Wildman–Crippen MR) is 36.0 cm³/mol. The van der Waals surface area contributed by atoms with Crippen molar-refractivity contribution in [1.29, 1.82) is 0 Å². The van der Waals surface area contributed by atoms with Crippen LogP contribution in [0.2, 0.25) is 0 Å². The van der Waals surface area contributed by atoms with Crippen LogP contribution < -0.4 is 0 Å². The summed E-state index contributed by atoms with van der Waals surface area (Å²) in [5.74, 6) is 0.318. The topological polar surface area (TPSA) is 30.1 Å². The third kappa shape index (κ3) is 1.47. The quantitative estimate of drug-likeness (QED) is 0.575. The molecule has 1 aromatic rings. The van der Waals surface area contributed by atoms with Crippen LogP contribution >= 0.6 is 15.9 Å². The fourth-order valence-electron chi connectivity index (χ4n) is 0.363. The lowest BCUT2D eigenvalue weighted by atomic mass is 10.7. The number of aromatic nitrogens is 2. The molecular weight excluding hydrogens is 182 g/mol. The average Bonchev–Trinajstić information content (AvgIpc) is 1.90. The Morgan fingerprint density at radius 2 is 2.22 bits per heavy atom. The van der Waals surface area contributed by atoms with E-state index >= 15 is 0 Å². The second kappa shape index (κ2) is 2.55. The lowest BCUT2D eigenvalue weighted by Gasteiger charge is -1.83. The molecule has 0 spiro atoms. The van der Waals surface area contributed by atoms with E-state index < -0.39 is 0 Å². The molecule has 0 saturated carbocycles. The molecule has 1 aromatic heterocycles. The third-order valence-corrected chi connectivity index (χ3v) is 1.13. The molecule has 0 N–H and O–H groups in total. The molecule has 3 nitrogen and oxygen atoms in total. The SMILES string of the molecule is [C-]#[N+]c1cnc(Br)cn1. The molecule has 0 aliphatic rings. The van der Waals surface area contributed by atoms with Gasteiger partial charge in [-0.3, -0.25) is 4.98 Å². The number of nitrogens with zero attached hydrogens (tertiary/aromatic N) is 3. The fraction of sp³-hybridized carbons (Fsp3) is 0. The molecule has 0 unspecified atom stereocenters. The first-order valence-corrected chi connectivity index (χ1v) is 2.97. The van der Waals surface area contributed by atoms with Gasteiger partial charge in [0.15, 0.2) is 6.20 Å². The Morgan fingerprint density at radius 3 is 2.67 bits per heavy atom. The molecule has 0 aliphatic heterocycles. The Balaban J connectivity index is 3.06. The second-order valence-corrected chi connectivity index (χ2v) is 2.12. The zero-order valence-electron chi connectivity index (χ0n) is 4.37. The third-order valence-electron chi connectivity index (χ3n) is 0.721. The summed E-state index contributed by atoms with van der Waals surface area (Å²) >= 11 is 3.10. The molecule has 0 atom stereocenters. The van der Waals surface area contributed by atoms with Crippen molar-refractivity contribution in [2.75, 3.05) is 0 Å². The highest BCUT2D eigenvalue weighted by Crippen LogP contribution is 2.07. The van der Waals surface area contributed by atoms with Gasteiger partial charge in [-0.15, -0.1) is 4.98 Å². The van der Waals surface area contributed by atoms with E-state index in [1.54, 1.807) is 0 Å². The van der Waals surface area contributed by atoms with Crippen LogP contribution in [-0.4, -0.2) is 9.97 Å². The normalized spacial score (nSPS) is 8.44. The molecule has 0 radical (unpaired) electrons. The Bertz CT molecular complexity index is 235. The monoisotopic (exact) mass is 183 g/mol. The van der Waals surface area contributed by atoms with Gasteiger partial charge in [-0.1, -0.05) is 6.57 Å². The smallest absolute Gasteiger partial charge is 0.288 e. The maximum Gasteiger partial charge on any atom is 0.288 e. The number of rotatable bonds is 0. The van der Waals surface area contributed by atoms with Crippen molar-refractivity contribution in [2.45, 2.75) is 0 Å². The summed E-state index contributed by atoms with van der Waals surface area (Å²) in [7, 11) is 0. The van der Waals surface area contributed by atoms with Gasteiger partial charge in [0.25, 0.3) is 5.82 Å². The van der Waals surface area contributed by atoms with Crippen LogP contribution in [0.4, 0.5) is 5.82 Å². The first-order chi connectivity index (χ1) is 4.33. The molecule has 4 heteroatoms. The van der Waals surface area contributed by atoms with E-state index in [-0.39, 0.29) is 0 Å². The van der Waals surface area contributed by atoms with E-state index in [0.29, 0.717) is 10.4 Å². The van der Waals surface area contributed by atoms with Crippen LogP contribution in [0.15, 0.2) is 17.0 Å². The number of halogens is 1. The summed E-state index contributed by atoms with van der Waals surface area (Å²) in [6.07, 6.45) is 2.91. The first-order valence-electron chi connectivity index (χ1n) is 2.18. The van der Waals surface area contributed by atoms with E-state index in [0.717, 1.165) is 0 Å². The van der Waals surface area contributed by atoms with Gasteiger partial charge in [-0.25, -0.2) is 0 Å². The van der Waals surface area contributed by atoms with Crippen molar-refractivity contribution in [2.24, 2.45) is 0 Å². The highest BCUT2D eigenvalue weighted by Gasteiger charge is 1.91. The summed E-state index contributed by atoms with van der Waals surface area (Å²) in [5.41, 5.74) is 0. The van der Waals surface area contributed by atoms with Gasteiger partial charge in [0.2, 0.25) is 0 Å². The summed E-state index contributed by atoms with van der Waals surface area (Å²) in [6.45, 7) is 6.52. The molecule has 1 rings (SSSR count).